The molecule has 2 rings (SSSR count). The second kappa shape index (κ2) is 6.81. The highest BCUT2D eigenvalue weighted by molar-refractivity contribution is 7.99. The lowest BCUT2D eigenvalue weighted by Crippen LogP contribution is -2.02. The monoisotopic (exact) mass is 290 g/mol. The smallest absolute Gasteiger partial charge is 0.335 e. The average Bonchev–Trinajstić information content (AvgIpc) is 2.46. The van der Waals surface area contributed by atoms with Gasteiger partial charge in [-0.15, -0.1) is 11.8 Å². The molecule has 0 radical (unpaired) electrons. The van der Waals surface area contributed by atoms with Crippen LogP contribution in [0.1, 0.15) is 10.4 Å². The number of rotatable bonds is 6. The van der Waals surface area contributed by atoms with E-state index in [1.165, 1.54) is 12.1 Å². The molecule has 0 aliphatic heterocycles. The van der Waals surface area contributed by atoms with E-state index >= 15 is 0 Å². The Kier molecular flexibility index (Phi) is 4.84. The molecule has 0 spiro atoms. The molecule has 3 N–H and O–H groups in total. The number of aromatic carboxylic acids is 1. The standard InChI is InChI=1S/C14H14N2O3S/c15-13-5-4-12(9-16-13)20-7-6-19-11-3-1-2-10(8-11)14(17)18/h1-5,8-9H,6-7H2,(H2,15,16)(H,17,18). The van der Waals surface area contributed by atoms with Crippen molar-refractivity contribution in [3.05, 3.63) is 48.2 Å². The molecule has 0 aliphatic carbocycles. The van der Waals surface area contributed by atoms with Crippen molar-refractivity contribution < 1.29 is 14.6 Å². The van der Waals surface area contributed by atoms with Gasteiger partial charge in [-0.05, 0) is 30.3 Å². The molecule has 0 aliphatic rings. The molecule has 0 amide bonds. The number of carboxylic acid groups (broad SMARTS) is 1. The summed E-state index contributed by atoms with van der Waals surface area (Å²) in [6.45, 7) is 0.484. The first kappa shape index (κ1) is 14.2. The number of pyridine rings is 1. The summed E-state index contributed by atoms with van der Waals surface area (Å²) in [5.74, 6) is 0.831. The van der Waals surface area contributed by atoms with Crippen LogP contribution >= 0.6 is 11.8 Å². The summed E-state index contributed by atoms with van der Waals surface area (Å²) < 4.78 is 5.51. The number of anilines is 1. The molecule has 0 atom stereocenters. The Balaban J connectivity index is 1.79. The minimum atomic E-state index is -0.960. The minimum absolute atomic E-state index is 0.220. The van der Waals surface area contributed by atoms with E-state index in [1.54, 1.807) is 36.2 Å². The SMILES string of the molecule is Nc1ccc(SCCOc2cccc(C(=O)O)c2)cn1. The lowest BCUT2D eigenvalue weighted by atomic mass is 10.2. The van der Waals surface area contributed by atoms with Gasteiger partial charge in [0.25, 0.3) is 0 Å². The number of ether oxygens (including phenoxy) is 1. The van der Waals surface area contributed by atoms with Crippen LogP contribution in [0.4, 0.5) is 5.82 Å². The summed E-state index contributed by atoms with van der Waals surface area (Å²) in [5, 5.41) is 8.88. The summed E-state index contributed by atoms with van der Waals surface area (Å²) in [6, 6.07) is 10.1. The second-order valence-electron chi connectivity index (χ2n) is 3.95. The van der Waals surface area contributed by atoms with E-state index in [9.17, 15) is 4.79 Å². The molecule has 1 heterocycles. The molecular weight excluding hydrogens is 276 g/mol. The highest BCUT2D eigenvalue weighted by atomic mass is 32.2. The molecule has 20 heavy (non-hydrogen) atoms. The van der Waals surface area contributed by atoms with Crippen LogP contribution in [0, 0.1) is 0 Å². The third-order valence-electron chi connectivity index (χ3n) is 2.46. The zero-order valence-corrected chi connectivity index (χ0v) is 11.5. The zero-order chi connectivity index (χ0) is 14.4. The number of nitrogen functional groups attached to an aromatic ring is 1. The Morgan fingerprint density at radius 1 is 1.35 bits per heavy atom. The lowest BCUT2D eigenvalue weighted by Gasteiger charge is -2.06. The molecule has 5 nitrogen and oxygen atoms in total. The molecule has 6 heteroatoms. The second-order valence-corrected chi connectivity index (χ2v) is 5.12. The topological polar surface area (TPSA) is 85.4 Å². The van der Waals surface area contributed by atoms with Gasteiger partial charge in [0.2, 0.25) is 0 Å². The number of hydrogen-bond acceptors (Lipinski definition) is 5. The van der Waals surface area contributed by atoms with Crippen molar-refractivity contribution in [3.8, 4) is 5.75 Å². The number of benzene rings is 1. The molecule has 104 valence electrons. The van der Waals surface area contributed by atoms with Crippen LogP contribution in [-0.4, -0.2) is 28.4 Å². The fourth-order valence-corrected chi connectivity index (χ4v) is 2.21. The number of carbonyl (C=O) groups is 1. The molecule has 1 aromatic carbocycles. The number of nitrogens with two attached hydrogens (primary N) is 1. The van der Waals surface area contributed by atoms with E-state index in [4.69, 9.17) is 15.6 Å². The fourth-order valence-electron chi connectivity index (χ4n) is 1.52. The number of nitrogens with zero attached hydrogens (tertiary/aromatic N) is 1. The van der Waals surface area contributed by atoms with Crippen LogP contribution in [0.3, 0.4) is 0 Å². The molecular formula is C14H14N2O3S. The number of carboxylic acids is 1. The van der Waals surface area contributed by atoms with E-state index in [-0.39, 0.29) is 5.56 Å². The molecule has 0 fully saturated rings. The predicted molar refractivity (Wildman–Crippen MR) is 78.3 cm³/mol. The third kappa shape index (κ3) is 4.17. The zero-order valence-electron chi connectivity index (χ0n) is 10.7. The Hall–Kier alpha value is -2.21. The quantitative estimate of drug-likeness (QED) is 0.628. The van der Waals surface area contributed by atoms with Gasteiger partial charge in [-0.1, -0.05) is 6.07 Å². The van der Waals surface area contributed by atoms with Crippen molar-refractivity contribution in [2.45, 2.75) is 4.90 Å². The summed E-state index contributed by atoms with van der Waals surface area (Å²) in [5.41, 5.74) is 5.72. The van der Waals surface area contributed by atoms with Gasteiger partial charge in [0.15, 0.2) is 0 Å². The Labute approximate surface area is 120 Å². The highest BCUT2D eigenvalue weighted by Crippen LogP contribution is 2.18. The Bertz CT molecular complexity index is 587. The van der Waals surface area contributed by atoms with E-state index in [0.717, 1.165) is 10.6 Å². The molecule has 0 unspecified atom stereocenters. The van der Waals surface area contributed by atoms with Gasteiger partial charge in [0, 0.05) is 16.8 Å². The first-order valence-electron chi connectivity index (χ1n) is 5.95. The van der Waals surface area contributed by atoms with E-state index in [1.807, 2.05) is 6.07 Å². The Morgan fingerprint density at radius 3 is 2.90 bits per heavy atom. The number of thioether (sulfide) groups is 1. The van der Waals surface area contributed by atoms with Crippen LogP contribution in [0.25, 0.3) is 0 Å². The van der Waals surface area contributed by atoms with Gasteiger partial charge in [-0.25, -0.2) is 9.78 Å². The van der Waals surface area contributed by atoms with Crippen LogP contribution < -0.4 is 10.5 Å². The molecule has 1 aromatic heterocycles. The average molecular weight is 290 g/mol. The van der Waals surface area contributed by atoms with Crippen molar-refractivity contribution in [1.82, 2.24) is 4.98 Å². The van der Waals surface area contributed by atoms with Gasteiger partial charge >= 0.3 is 5.97 Å². The van der Waals surface area contributed by atoms with Crippen LogP contribution in [0.5, 0.6) is 5.75 Å². The Morgan fingerprint density at radius 2 is 2.20 bits per heavy atom. The van der Waals surface area contributed by atoms with Crippen LogP contribution in [0.2, 0.25) is 0 Å². The largest absolute Gasteiger partial charge is 0.493 e. The third-order valence-corrected chi connectivity index (χ3v) is 3.41. The predicted octanol–water partition coefficient (Wildman–Crippen LogP) is 2.53. The maximum atomic E-state index is 10.8. The summed E-state index contributed by atoms with van der Waals surface area (Å²) in [4.78, 5) is 15.8. The maximum Gasteiger partial charge on any atom is 0.335 e. The minimum Gasteiger partial charge on any atom is -0.493 e. The van der Waals surface area contributed by atoms with Gasteiger partial charge < -0.3 is 15.6 Å². The van der Waals surface area contributed by atoms with Crippen LogP contribution in [0.15, 0.2) is 47.5 Å². The molecule has 0 saturated carbocycles. The van der Waals surface area contributed by atoms with E-state index in [2.05, 4.69) is 4.98 Å². The summed E-state index contributed by atoms with van der Waals surface area (Å²) in [7, 11) is 0. The van der Waals surface area contributed by atoms with Crippen molar-refractivity contribution >= 4 is 23.5 Å². The summed E-state index contributed by atoms with van der Waals surface area (Å²) in [6.07, 6.45) is 1.71. The van der Waals surface area contributed by atoms with Gasteiger partial charge in [-0.2, -0.15) is 0 Å². The van der Waals surface area contributed by atoms with Crippen molar-refractivity contribution in [2.24, 2.45) is 0 Å². The van der Waals surface area contributed by atoms with Gasteiger partial charge in [0.1, 0.15) is 11.6 Å². The van der Waals surface area contributed by atoms with E-state index in [0.29, 0.717) is 18.2 Å². The molecule has 0 bridgehead atoms. The normalized spacial score (nSPS) is 10.2. The maximum absolute atomic E-state index is 10.8. The number of aromatic nitrogens is 1. The van der Waals surface area contributed by atoms with Crippen molar-refractivity contribution in [3.63, 3.8) is 0 Å². The van der Waals surface area contributed by atoms with Crippen LogP contribution in [-0.2, 0) is 0 Å². The van der Waals surface area contributed by atoms with E-state index < -0.39 is 5.97 Å². The highest BCUT2D eigenvalue weighted by Gasteiger charge is 2.03. The lowest BCUT2D eigenvalue weighted by molar-refractivity contribution is 0.0696. The van der Waals surface area contributed by atoms with Crippen molar-refractivity contribution in [2.75, 3.05) is 18.1 Å². The van der Waals surface area contributed by atoms with Gasteiger partial charge in [0.05, 0.1) is 12.2 Å². The summed E-state index contributed by atoms with van der Waals surface area (Å²) >= 11 is 1.60. The van der Waals surface area contributed by atoms with Crippen molar-refractivity contribution in [1.29, 1.82) is 0 Å². The molecule has 0 saturated heterocycles. The molecule has 2 aromatic rings. The fraction of sp³-hybridized carbons (Fsp3) is 0.143. The first-order valence-corrected chi connectivity index (χ1v) is 6.94. The first-order chi connectivity index (χ1) is 9.65. The van der Waals surface area contributed by atoms with Gasteiger partial charge in [-0.3, -0.25) is 0 Å². The number of hydrogen-bond donors (Lipinski definition) is 2.